The molecule has 21 heavy (non-hydrogen) atoms. The zero-order valence-electron chi connectivity index (χ0n) is 12.1. The van der Waals surface area contributed by atoms with Crippen LogP contribution in [0.5, 0.6) is 5.75 Å². The quantitative estimate of drug-likeness (QED) is 0.913. The first kappa shape index (κ1) is 15.4. The Balaban J connectivity index is 1.96. The van der Waals surface area contributed by atoms with E-state index in [1.54, 1.807) is 7.11 Å². The highest BCUT2D eigenvalue weighted by molar-refractivity contribution is 6.30. The Morgan fingerprint density at radius 3 is 2.62 bits per heavy atom. The van der Waals surface area contributed by atoms with Crippen molar-refractivity contribution < 1.29 is 9.53 Å². The standard InChI is InChI=1S/C17H18ClNO2/c1-12(14-6-8-15(18)9-7-14)19-17(20)11-13-4-3-5-16(10-13)21-2/h3-10,12H,11H2,1-2H3,(H,19,20). The van der Waals surface area contributed by atoms with Gasteiger partial charge in [0.15, 0.2) is 0 Å². The monoisotopic (exact) mass is 303 g/mol. The smallest absolute Gasteiger partial charge is 0.224 e. The van der Waals surface area contributed by atoms with Crippen LogP contribution in [0, 0.1) is 0 Å². The van der Waals surface area contributed by atoms with Gasteiger partial charge in [-0.2, -0.15) is 0 Å². The van der Waals surface area contributed by atoms with E-state index in [0.29, 0.717) is 11.4 Å². The minimum absolute atomic E-state index is 0.0225. The van der Waals surface area contributed by atoms with Crippen molar-refractivity contribution in [3.8, 4) is 5.75 Å². The summed E-state index contributed by atoms with van der Waals surface area (Å²) in [4.78, 5) is 12.1. The highest BCUT2D eigenvalue weighted by Gasteiger charge is 2.10. The van der Waals surface area contributed by atoms with Crippen molar-refractivity contribution >= 4 is 17.5 Å². The molecule has 2 aromatic rings. The van der Waals surface area contributed by atoms with Crippen LogP contribution in [-0.4, -0.2) is 13.0 Å². The average Bonchev–Trinajstić information content (AvgIpc) is 2.47. The topological polar surface area (TPSA) is 38.3 Å². The molecule has 1 unspecified atom stereocenters. The van der Waals surface area contributed by atoms with Crippen LogP contribution in [0.25, 0.3) is 0 Å². The summed E-state index contributed by atoms with van der Waals surface area (Å²) in [7, 11) is 1.61. The van der Waals surface area contributed by atoms with Crippen molar-refractivity contribution in [2.45, 2.75) is 19.4 Å². The van der Waals surface area contributed by atoms with E-state index >= 15 is 0 Å². The van der Waals surface area contributed by atoms with Gasteiger partial charge in [0.25, 0.3) is 0 Å². The number of amides is 1. The number of carbonyl (C=O) groups is 1. The summed E-state index contributed by atoms with van der Waals surface area (Å²) in [6, 6.07) is 14.9. The minimum atomic E-state index is -0.0552. The lowest BCUT2D eigenvalue weighted by Crippen LogP contribution is -2.28. The Bertz CT molecular complexity index is 610. The molecule has 3 nitrogen and oxygen atoms in total. The molecule has 0 radical (unpaired) electrons. The Labute approximate surface area is 129 Å². The maximum absolute atomic E-state index is 12.1. The molecule has 110 valence electrons. The van der Waals surface area contributed by atoms with Crippen molar-refractivity contribution in [2.24, 2.45) is 0 Å². The molecule has 0 bridgehead atoms. The molecule has 0 saturated heterocycles. The number of nitrogens with one attached hydrogen (secondary N) is 1. The second-order valence-corrected chi connectivity index (χ2v) is 5.31. The number of methoxy groups -OCH3 is 1. The van der Waals surface area contributed by atoms with Crippen molar-refractivity contribution in [1.29, 1.82) is 0 Å². The van der Waals surface area contributed by atoms with Crippen LogP contribution in [0.4, 0.5) is 0 Å². The number of hydrogen-bond donors (Lipinski definition) is 1. The van der Waals surface area contributed by atoms with Crippen LogP contribution in [0.2, 0.25) is 5.02 Å². The summed E-state index contributed by atoms with van der Waals surface area (Å²) in [6.07, 6.45) is 0.329. The van der Waals surface area contributed by atoms with E-state index in [2.05, 4.69) is 5.32 Å². The predicted octanol–water partition coefficient (Wildman–Crippen LogP) is 3.77. The van der Waals surface area contributed by atoms with E-state index in [-0.39, 0.29) is 11.9 Å². The molecule has 0 spiro atoms. The van der Waals surface area contributed by atoms with E-state index in [1.807, 2.05) is 55.5 Å². The highest BCUT2D eigenvalue weighted by Crippen LogP contribution is 2.17. The fraction of sp³-hybridized carbons (Fsp3) is 0.235. The Morgan fingerprint density at radius 2 is 1.95 bits per heavy atom. The normalized spacial score (nSPS) is 11.8. The van der Waals surface area contributed by atoms with Gasteiger partial charge in [0.2, 0.25) is 5.91 Å². The second-order valence-electron chi connectivity index (χ2n) is 4.87. The largest absolute Gasteiger partial charge is 0.497 e. The number of benzene rings is 2. The third-order valence-corrected chi connectivity index (χ3v) is 3.50. The summed E-state index contributed by atoms with van der Waals surface area (Å²) in [5.74, 6) is 0.733. The first-order chi connectivity index (χ1) is 10.1. The molecular formula is C17H18ClNO2. The van der Waals surface area contributed by atoms with Gasteiger partial charge in [-0.3, -0.25) is 4.79 Å². The third kappa shape index (κ3) is 4.50. The van der Waals surface area contributed by atoms with Gasteiger partial charge in [-0.25, -0.2) is 0 Å². The lowest BCUT2D eigenvalue weighted by molar-refractivity contribution is -0.121. The van der Waals surface area contributed by atoms with Crippen LogP contribution in [0.3, 0.4) is 0 Å². The van der Waals surface area contributed by atoms with Gasteiger partial charge in [0.1, 0.15) is 5.75 Å². The molecule has 0 heterocycles. The molecule has 2 aromatic carbocycles. The Kier molecular flexibility index (Phi) is 5.23. The first-order valence-electron chi connectivity index (χ1n) is 6.76. The summed E-state index contributed by atoms with van der Waals surface area (Å²) in [5, 5.41) is 3.67. The van der Waals surface area contributed by atoms with E-state index in [4.69, 9.17) is 16.3 Å². The molecule has 0 saturated carbocycles. The number of carbonyl (C=O) groups excluding carboxylic acids is 1. The summed E-state index contributed by atoms with van der Waals surface area (Å²) < 4.78 is 5.15. The predicted molar refractivity (Wildman–Crippen MR) is 84.7 cm³/mol. The number of rotatable bonds is 5. The van der Waals surface area contributed by atoms with E-state index in [1.165, 1.54) is 0 Å². The fourth-order valence-electron chi connectivity index (χ4n) is 2.10. The molecule has 1 atom stereocenters. The van der Waals surface area contributed by atoms with E-state index in [0.717, 1.165) is 16.9 Å². The zero-order valence-corrected chi connectivity index (χ0v) is 12.9. The molecule has 1 amide bonds. The molecule has 0 aromatic heterocycles. The lowest BCUT2D eigenvalue weighted by Gasteiger charge is -2.14. The molecule has 0 aliphatic carbocycles. The molecule has 0 aliphatic rings. The summed E-state index contributed by atoms with van der Waals surface area (Å²) >= 11 is 5.86. The van der Waals surface area contributed by atoms with Crippen molar-refractivity contribution in [2.75, 3.05) is 7.11 Å². The molecule has 0 fully saturated rings. The average molecular weight is 304 g/mol. The van der Waals surface area contributed by atoms with Gasteiger partial charge < -0.3 is 10.1 Å². The highest BCUT2D eigenvalue weighted by atomic mass is 35.5. The van der Waals surface area contributed by atoms with Crippen LogP contribution in [0.1, 0.15) is 24.1 Å². The molecular weight excluding hydrogens is 286 g/mol. The third-order valence-electron chi connectivity index (χ3n) is 3.25. The Hall–Kier alpha value is -2.00. The maximum Gasteiger partial charge on any atom is 0.224 e. The number of ether oxygens (including phenoxy) is 1. The van der Waals surface area contributed by atoms with Crippen molar-refractivity contribution in [1.82, 2.24) is 5.32 Å². The molecule has 0 aliphatic heterocycles. The van der Waals surface area contributed by atoms with Crippen LogP contribution in [0.15, 0.2) is 48.5 Å². The van der Waals surface area contributed by atoms with Crippen molar-refractivity contribution in [3.63, 3.8) is 0 Å². The lowest BCUT2D eigenvalue weighted by atomic mass is 10.1. The molecule has 4 heteroatoms. The van der Waals surface area contributed by atoms with Crippen LogP contribution in [-0.2, 0) is 11.2 Å². The van der Waals surface area contributed by atoms with Gasteiger partial charge in [0, 0.05) is 5.02 Å². The van der Waals surface area contributed by atoms with Crippen molar-refractivity contribution in [3.05, 3.63) is 64.7 Å². The minimum Gasteiger partial charge on any atom is -0.497 e. The van der Waals surface area contributed by atoms with Crippen LogP contribution < -0.4 is 10.1 Å². The van der Waals surface area contributed by atoms with Gasteiger partial charge in [-0.1, -0.05) is 35.9 Å². The molecule has 1 N–H and O–H groups in total. The second kappa shape index (κ2) is 7.14. The van der Waals surface area contributed by atoms with E-state index in [9.17, 15) is 4.79 Å². The van der Waals surface area contributed by atoms with Gasteiger partial charge in [-0.05, 0) is 42.3 Å². The number of halogens is 1. The zero-order chi connectivity index (χ0) is 15.2. The number of hydrogen-bond acceptors (Lipinski definition) is 2. The molecule has 2 rings (SSSR count). The Morgan fingerprint density at radius 1 is 1.24 bits per heavy atom. The summed E-state index contributed by atoms with van der Waals surface area (Å²) in [5.41, 5.74) is 1.95. The van der Waals surface area contributed by atoms with E-state index < -0.39 is 0 Å². The van der Waals surface area contributed by atoms with Crippen LogP contribution >= 0.6 is 11.6 Å². The van der Waals surface area contributed by atoms with Gasteiger partial charge in [-0.15, -0.1) is 0 Å². The van der Waals surface area contributed by atoms with Gasteiger partial charge in [0.05, 0.1) is 19.6 Å². The maximum atomic E-state index is 12.1. The SMILES string of the molecule is COc1cccc(CC(=O)NC(C)c2ccc(Cl)cc2)c1. The fourth-order valence-corrected chi connectivity index (χ4v) is 2.22. The first-order valence-corrected chi connectivity index (χ1v) is 7.14. The summed E-state index contributed by atoms with van der Waals surface area (Å²) in [6.45, 7) is 1.95. The van der Waals surface area contributed by atoms with Gasteiger partial charge >= 0.3 is 0 Å².